The molecule has 1 aromatic rings. The van der Waals surface area contributed by atoms with Crippen LogP contribution < -0.4 is 11.3 Å². The summed E-state index contributed by atoms with van der Waals surface area (Å²) >= 11 is 5.46. The van der Waals surface area contributed by atoms with Gasteiger partial charge in [0.15, 0.2) is 0 Å². The summed E-state index contributed by atoms with van der Waals surface area (Å²) in [4.78, 5) is 11.1. The van der Waals surface area contributed by atoms with Crippen LogP contribution in [0.25, 0.3) is 0 Å². The molecule has 0 amide bonds. The minimum atomic E-state index is -0.106. The van der Waals surface area contributed by atoms with E-state index in [1.54, 1.807) is 12.3 Å². The fourth-order valence-electron chi connectivity index (χ4n) is 0.799. The van der Waals surface area contributed by atoms with E-state index >= 15 is 0 Å². The number of hydrogen-bond acceptors (Lipinski definition) is 2. The second kappa shape index (κ2) is 3.44. The van der Waals surface area contributed by atoms with E-state index in [1.807, 2.05) is 0 Å². The number of hydrogen-bond donors (Lipinski definition) is 1. The third-order valence-corrected chi connectivity index (χ3v) is 1.51. The summed E-state index contributed by atoms with van der Waals surface area (Å²) in [5.41, 5.74) is 5.76. The molecular formula is C7H9ClN2O. The Morgan fingerprint density at radius 3 is 2.91 bits per heavy atom. The van der Waals surface area contributed by atoms with Gasteiger partial charge in [0.25, 0.3) is 5.56 Å². The zero-order valence-corrected chi connectivity index (χ0v) is 6.71. The molecule has 0 fully saturated rings. The second-order valence-corrected chi connectivity index (χ2v) is 2.56. The SMILES string of the molecule is Nc1ccn(CCCl)c(=O)c1. The molecule has 2 N–H and O–H groups in total. The molecule has 0 radical (unpaired) electrons. The number of aromatic nitrogens is 1. The molecule has 0 spiro atoms. The number of halogens is 1. The first-order valence-electron chi connectivity index (χ1n) is 3.26. The molecule has 0 saturated carbocycles. The van der Waals surface area contributed by atoms with Crippen LogP contribution in [0.2, 0.25) is 0 Å². The monoisotopic (exact) mass is 172 g/mol. The van der Waals surface area contributed by atoms with Crippen LogP contribution in [0, 0.1) is 0 Å². The van der Waals surface area contributed by atoms with E-state index in [9.17, 15) is 4.79 Å². The van der Waals surface area contributed by atoms with Crippen molar-refractivity contribution in [2.75, 3.05) is 11.6 Å². The lowest BCUT2D eigenvalue weighted by molar-refractivity contribution is 0.733. The predicted molar refractivity (Wildman–Crippen MR) is 45.8 cm³/mol. The minimum absolute atomic E-state index is 0.106. The summed E-state index contributed by atoms with van der Waals surface area (Å²) in [6.07, 6.45) is 1.64. The molecule has 0 aliphatic carbocycles. The Morgan fingerprint density at radius 1 is 1.64 bits per heavy atom. The molecule has 0 aromatic carbocycles. The molecule has 60 valence electrons. The van der Waals surface area contributed by atoms with E-state index < -0.39 is 0 Å². The van der Waals surface area contributed by atoms with Gasteiger partial charge in [-0.2, -0.15) is 0 Å². The highest BCUT2D eigenvalue weighted by Crippen LogP contribution is 1.94. The molecular weight excluding hydrogens is 164 g/mol. The Hall–Kier alpha value is -0.960. The number of rotatable bonds is 2. The Labute approximate surface area is 69.4 Å². The number of pyridine rings is 1. The molecule has 0 atom stereocenters. The summed E-state index contributed by atoms with van der Waals surface area (Å²) in [6.45, 7) is 0.528. The molecule has 4 heteroatoms. The van der Waals surface area contributed by atoms with Crippen LogP contribution in [0.3, 0.4) is 0 Å². The Kier molecular flexibility index (Phi) is 2.54. The molecule has 0 aliphatic heterocycles. The highest BCUT2D eigenvalue weighted by molar-refractivity contribution is 6.17. The van der Waals surface area contributed by atoms with Gasteiger partial charge in [0.1, 0.15) is 0 Å². The third kappa shape index (κ3) is 1.98. The molecule has 0 bridgehead atoms. The van der Waals surface area contributed by atoms with Gasteiger partial charge >= 0.3 is 0 Å². The van der Waals surface area contributed by atoms with Crippen LogP contribution in [-0.2, 0) is 6.54 Å². The Bertz CT molecular complexity index is 295. The van der Waals surface area contributed by atoms with Crippen molar-refractivity contribution in [3.63, 3.8) is 0 Å². The van der Waals surface area contributed by atoms with Gasteiger partial charge in [-0.15, -0.1) is 11.6 Å². The number of anilines is 1. The highest BCUT2D eigenvalue weighted by Gasteiger charge is 1.93. The van der Waals surface area contributed by atoms with Crippen molar-refractivity contribution in [2.45, 2.75) is 6.54 Å². The zero-order valence-electron chi connectivity index (χ0n) is 5.96. The number of alkyl halides is 1. The molecule has 3 nitrogen and oxygen atoms in total. The molecule has 0 saturated heterocycles. The van der Waals surface area contributed by atoms with Crippen LogP contribution in [0.5, 0.6) is 0 Å². The maximum Gasteiger partial charge on any atom is 0.252 e. The van der Waals surface area contributed by atoms with Crippen molar-refractivity contribution in [3.8, 4) is 0 Å². The van der Waals surface area contributed by atoms with E-state index in [0.717, 1.165) is 0 Å². The number of nitrogen functional groups attached to an aromatic ring is 1. The van der Waals surface area contributed by atoms with Crippen molar-refractivity contribution in [1.29, 1.82) is 0 Å². The highest BCUT2D eigenvalue weighted by atomic mass is 35.5. The number of aryl methyl sites for hydroxylation is 1. The van der Waals surface area contributed by atoms with Crippen LogP contribution in [-0.4, -0.2) is 10.4 Å². The third-order valence-electron chi connectivity index (χ3n) is 1.35. The van der Waals surface area contributed by atoms with Gasteiger partial charge in [-0.05, 0) is 6.07 Å². The maximum absolute atomic E-state index is 11.1. The molecule has 0 unspecified atom stereocenters. The van der Waals surface area contributed by atoms with E-state index in [-0.39, 0.29) is 5.56 Å². The molecule has 1 heterocycles. The first-order chi connectivity index (χ1) is 5.24. The summed E-state index contributed by atoms with van der Waals surface area (Å²) in [5.74, 6) is 0.434. The standard InChI is InChI=1S/C7H9ClN2O/c8-2-4-10-3-1-6(9)5-7(10)11/h1,3,5H,2,4,9H2. The van der Waals surface area contributed by atoms with Crippen molar-refractivity contribution >= 4 is 17.3 Å². The van der Waals surface area contributed by atoms with Crippen LogP contribution in [0.4, 0.5) is 5.69 Å². The normalized spacial score (nSPS) is 9.91. The van der Waals surface area contributed by atoms with Gasteiger partial charge in [-0.3, -0.25) is 4.79 Å². The lowest BCUT2D eigenvalue weighted by atomic mass is 10.4. The van der Waals surface area contributed by atoms with E-state index in [0.29, 0.717) is 18.1 Å². The largest absolute Gasteiger partial charge is 0.399 e. The Morgan fingerprint density at radius 2 is 2.36 bits per heavy atom. The van der Waals surface area contributed by atoms with Gasteiger partial charge in [0, 0.05) is 30.4 Å². The number of nitrogens with zero attached hydrogens (tertiary/aromatic N) is 1. The predicted octanol–water partition coefficient (Wildman–Crippen LogP) is 0.669. The van der Waals surface area contributed by atoms with Gasteiger partial charge in [-0.1, -0.05) is 0 Å². The van der Waals surface area contributed by atoms with E-state index in [4.69, 9.17) is 17.3 Å². The first kappa shape index (κ1) is 8.14. The van der Waals surface area contributed by atoms with E-state index in [1.165, 1.54) is 10.6 Å². The lowest BCUT2D eigenvalue weighted by Gasteiger charge is -2.01. The van der Waals surface area contributed by atoms with Crippen LogP contribution in [0.1, 0.15) is 0 Å². The molecule has 1 rings (SSSR count). The summed E-state index contributed by atoms with van der Waals surface area (Å²) in [5, 5.41) is 0. The smallest absolute Gasteiger partial charge is 0.252 e. The fraction of sp³-hybridized carbons (Fsp3) is 0.286. The average Bonchev–Trinajstić information content (AvgIpc) is 1.95. The summed E-state index contributed by atoms with van der Waals surface area (Å²) in [6, 6.07) is 3.06. The summed E-state index contributed by atoms with van der Waals surface area (Å²) < 4.78 is 1.52. The van der Waals surface area contributed by atoms with Gasteiger partial charge in [0.05, 0.1) is 0 Å². The van der Waals surface area contributed by atoms with Gasteiger partial charge in [0.2, 0.25) is 0 Å². The molecule has 11 heavy (non-hydrogen) atoms. The van der Waals surface area contributed by atoms with E-state index in [2.05, 4.69) is 0 Å². The van der Waals surface area contributed by atoms with Crippen molar-refractivity contribution in [2.24, 2.45) is 0 Å². The van der Waals surface area contributed by atoms with Crippen LogP contribution >= 0.6 is 11.6 Å². The minimum Gasteiger partial charge on any atom is -0.399 e. The van der Waals surface area contributed by atoms with Crippen LogP contribution in [0.15, 0.2) is 23.1 Å². The quantitative estimate of drug-likeness (QED) is 0.667. The zero-order chi connectivity index (χ0) is 8.27. The summed E-state index contributed by atoms with van der Waals surface area (Å²) in [7, 11) is 0. The lowest BCUT2D eigenvalue weighted by Crippen LogP contribution is -2.19. The first-order valence-corrected chi connectivity index (χ1v) is 3.79. The average molecular weight is 173 g/mol. The van der Waals surface area contributed by atoms with Crippen molar-refractivity contribution in [1.82, 2.24) is 4.57 Å². The van der Waals surface area contributed by atoms with Crippen molar-refractivity contribution < 1.29 is 0 Å². The van der Waals surface area contributed by atoms with Gasteiger partial charge in [-0.25, -0.2) is 0 Å². The topological polar surface area (TPSA) is 48.0 Å². The maximum atomic E-state index is 11.1. The molecule has 1 aromatic heterocycles. The number of nitrogens with two attached hydrogens (primary N) is 1. The van der Waals surface area contributed by atoms with Crippen molar-refractivity contribution in [3.05, 3.63) is 28.7 Å². The molecule has 0 aliphatic rings. The van der Waals surface area contributed by atoms with Gasteiger partial charge < -0.3 is 10.3 Å². The second-order valence-electron chi connectivity index (χ2n) is 2.18. The Balaban J connectivity index is 3.00. The fourth-order valence-corrected chi connectivity index (χ4v) is 0.981.